The van der Waals surface area contributed by atoms with Gasteiger partial charge in [0.15, 0.2) is 5.11 Å². The van der Waals surface area contributed by atoms with Crippen LogP contribution < -0.4 is 16.0 Å². The lowest BCUT2D eigenvalue weighted by Crippen LogP contribution is -2.56. The minimum Gasteiger partial charge on any atom is -0.339 e. The Kier molecular flexibility index (Phi) is 7.60. The van der Waals surface area contributed by atoms with E-state index >= 15 is 0 Å². The monoisotopic (exact) mass is 409 g/mol. The molecule has 1 unspecified atom stereocenters. The number of thiocarbonyl (C=S) groups is 1. The van der Waals surface area contributed by atoms with Crippen molar-refractivity contribution in [1.82, 2.24) is 10.6 Å². The van der Waals surface area contributed by atoms with E-state index in [4.69, 9.17) is 47.0 Å². The van der Waals surface area contributed by atoms with Crippen LogP contribution in [0.4, 0.5) is 5.69 Å². The van der Waals surface area contributed by atoms with E-state index in [-0.39, 0.29) is 16.4 Å². The minimum absolute atomic E-state index is 0.178. The van der Waals surface area contributed by atoms with Crippen LogP contribution in [0.2, 0.25) is 0 Å². The molecule has 0 fully saturated rings. The van der Waals surface area contributed by atoms with Gasteiger partial charge >= 0.3 is 0 Å². The van der Waals surface area contributed by atoms with Crippen LogP contribution in [-0.4, -0.2) is 21.0 Å². The highest BCUT2D eigenvalue weighted by atomic mass is 35.6. The predicted molar refractivity (Wildman–Crippen MR) is 107 cm³/mol. The average molecular weight is 411 g/mol. The quantitative estimate of drug-likeness (QED) is 0.388. The number of alkyl halides is 3. The number of hydrogen-bond acceptors (Lipinski definition) is 2. The molecule has 3 N–H and O–H groups in total. The molecule has 0 radical (unpaired) electrons. The summed E-state index contributed by atoms with van der Waals surface area (Å²) in [6, 6.07) is 7.66. The summed E-state index contributed by atoms with van der Waals surface area (Å²) in [4.78, 5) is 12.1. The van der Waals surface area contributed by atoms with Gasteiger partial charge in [0.1, 0.15) is 6.17 Å². The fourth-order valence-corrected chi connectivity index (χ4v) is 2.39. The van der Waals surface area contributed by atoms with Gasteiger partial charge in [-0.15, -0.1) is 0 Å². The van der Waals surface area contributed by atoms with Crippen molar-refractivity contribution in [1.29, 1.82) is 0 Å². The van der Waals surface area contributed by atoms with Crippen LogP contribution in [0.5, 0.6) is 0 Å². The molecule has 0 aliphatic carbocycles. The fourth-order valence-electron chi connectivity index (χ4n) is 1.83. The van der Waals surface area contributed by atoms with Crippen LogP contribution in [0, 0.1) is 12.3 Å². The van der Waals surface area contributed by atoms with E-state index in [9.17, 15) is 4.79 Å². The van der Waals surface area contributed by atoms with Gasteiger partial charge in [0.05, 0.1) is 0 Å². The molecule has 1 atom stereocenters. The molecule has 0 saturated heterocycles. The molecule has 0 heterocycles. The molecule has 134 valence electrons. The predicted octanol–water partition coefficient (Wildman–Crippen LogP) is 4.53. The zero-order valence-corrected chi connectivity index (χ0v) is 17.1. The largest absolute Gasteiger partial charge is 0.339 e. The Bertz CT molecular complexity index is 580. The molecule has 24 heavy (non-hydrogen) atoms. The van der Waals surface area contributed by atoms with Gasteiger partial charge in [-0.2, -0.15) is 0 Å². The molecule has 4 nitrogen and oxygen atoms in total. The Hall–Kier alpha value is -0.750. The number of carbonyl (C=O) groups is 1. The number of anilines is 1. The van der Waals surface area contributed by atoms with Crippen molar-refractivity contribution in [3.8, 4) is 0 Å². The second-order valence-electron chi connectivity index (χ2n) is 6.74. The maximum absolute atomic E-state index is 12.1. The first-order chi connectivity index (χ1) is 10.9. The first-order valence-electron chi connectivity index (χ1n) is 7.37. The van der Waals surface area contributed by atoms with Crippen molar-refractivity contribution in [2.24, 2.45) is 5.41 Å². The van der Waals surface area contributed by atoms with E-state index in [0.717, 1.165) is 11.3 Å². The maximum Gasteiger partial charge on any atom is 0.228 e. The fraction of sp³-hybridized carbons (Fsp3) is 0.500. The third-order valence-corrected chi connectivity index (χ3v) is 3.78. The third kappa shape index (κ3) is 8.38. The van der Waals surface area contributed by atoms with Crippen molar-refractivity contribution >= 4 is 63.7 Å². The molecule has 0 spiro atoms. The molecule has 0 aromatic heterocycles. The van der Waals surface area contributed by atoms with Crippen LogP contribution in [-0.2, 0) is 4.79 Å². The molecule has 0 aliphatic rings. The van der Waals surface area contributed by atoms with Gasteiger partial charge in [0, 0.05) is 12.1 Å². The van der Waals surface area contributed by atoms with Crippen molar-refractivity contribution in [2.45, 2.75) is 44.1 Å². The molecule has 1 aromatic rings. The van der Waals surface area contributed by atoms with E-state index in [2.05, 4.69) is 16.0 Å². The highest BCUT2D eigenvalue weighted by molar-refractivity contribution is 7.80. The summed E-state index contributed by atoms with van der Waals surface area (Å²) in [5.74, 6) is -0.232. The molecule has 0 bridgehead atoms. The Morgan fingerprint density at radius 1 is 1.12 bits per heavy atom. The van der Waals surface area contributed by atoms with Crippen LogP contribution in [0.3, 0.4) is 0 Å². The third-order valence-electron chi connectivity index (χ3n) is 2.91. The number of hydrogen-bond donors (Lipinski definition) is 3. The van der Waals surface area contributed by atoms with Crippen molar-refractivity contribution in [3.63, 3.8) is 0 Å². The molecule has 0 aliphatic heterocycles. The van der Waals surface area contributed by atoms with E-state index in [1.165, 1.54) is 0 Å². The lowest BCUT2D eigenvalue weighted by Gasteiger charge is -2.29. The Labute approximate surface area is 163 Å². The summed E-state index contributed by atoms with van der Waals surface area (Å²) >= 11 is 23.1. The summed E-state index contributed by atoms with van der Waals surface area (Å²) in [5, 5.41) is 8.72. The molecular formula is C16H22Cl3N3OS. The van der Waals surface area contributed by atoms with Crippen LogP contribution in [0.25, 0.3) is 0 Å². The SMILES string of the molecule is Cc1ccc(NC(=S)NC(NC(=O)CC(C)(C)C)C(Cl)(Cl)Cl)cc1. The number of benzene rings is 1. The van der Waals surface area contributed by atoms with E-state index in [1.807, 2.05) is 52.0 Å². The lowest BCUT2D eigenvalue weighted by molar-refractivity contribution is -0.123. The molecule has 8 heteroatoms. The molecular weight excluding hydrogens is 389 g/mol. The van der Waals surface area contributed by atoms with Gasteiger partial charge < -0.3 is 16.0 Å². The van der Waals surface area contributed by atoms with E-state index in [0.29, 0.717) is 6.42 Å². The number of amides is 1. The Morgan fingerprint density at radius 2 is 1.67 bits per heavy atom. The zero-order chi connectivity index (χ0) is 18.5. The van der Waals surface area contributed by atoms with Crippen molar-refractivity contribution in [3.05, 3.63) is 29.8 Å². The van der Waals surface area contributed by atoms with Gasteiger partial charge in [-0.3, -0.25) is 4.79 Å². The normalized spacial score (nSPS) is 13.1. The summed E-state index contributed by atoms with van der Waals surface area (Å²) in [6.07, 6.45) is -0.660. The molecule has 0 saturated carbocycles. The highest BCUT2D eigenvalue weighted by Crippen LogP contribution is 2.29. The van der Waals surface area contributed by atoms with Gasteiger partial charge in [-0.25, -0.2) is 0 Å². The smallest absolute Gasteiger partial charge is 0.228 e. The van der Waals surface area contributed by atoms with Gasteiger partial charge in [0.2, 0.25) is 9.70 Å². The van der Waals surface area contributed by atoms with Gasteiger partial charge in [-0.05, 0) is 36.7 Å². The summed E-state index contributed by atoms with van der Waals surface area (Å²) in [6.45, 7) is 7.85. The number of rotatable bonds is 4. The molecule has 1 aromatic carbocycles. The standard InChI is InChI=1S/C16H22Cl3N3OS/c1-10-5-7-11(8-6-10)20-14(24)22-13(16(17,18)19)21-12(23)9-15(2,3)4/h5-8,13H,9H2,1-4H3,(H,21,23)(H2,20,22,24). The number of aryl methyl sites for hydroxylation is 1. The average Bonchev–Trinajstić information content (AvgIpc) is 2.37. The number of nitrogens with one attached hydrogen (secondary N) is 3. The summed E-state index contributed by atoms with van der Waals surface area (Å²) in [7, 11) is 0. The highest BCUT2D eigenvalue weighted by Gasteiger charge is 2.35. The van der Waals surface area contributed by atoms with Crippen molar-refractivity contribution in [2.75, 3.05) is 5.32 Å². The lowest BCUT2D eigenvalue weighted by atomic mass is 9.92. The van der Waals surface area contributed by atoms with Crippen LogP contribution in [0.1, 0.15) is 32.8 Å². The molecule has 1 amide bonds. The topological polar surface area (TPSA) is 53.2 Å². The zero-order valence-electron chi connectivity index (χ0n) is 14.0. The van der Waals surface area contributed by atoms with E-state index < -0.39 is 9.96 Å². The summed E-state index contributed by atoms with van der Waals surface area (Å²) < 4.78 is -1.76. The van der Waals surface area contributed by atoms with E-state index in [1.54, 1.807) is 0 Å². The van der Waals surface area contributed by atoms with Crippen molar-refractivity contribution < 1.29 is 4.79 Å². The first-order valence-corrected chi connectivity index (χ1v) is 8.91. The summed E-state index contributed by atoms with van der Waals surface area (Å²) in [5.41, 5.74) is 1.75. The van der Waals surface area contributed by atoms with Crippen LogP contribution >= 0.6 is 47.0 Å². The Morgan fingerprint density at radius 3 is 2.12 bits per heavy atom. The first kappa shape index (κ1) is 21.3. The van der Waals surface area contributed by atoms with Gasteiger partial charge in [0.25, 0.3) is 0 Å². The minimum atomic E-state index is -1.76. The maximum atomic E-state index is 12.1. The van der Waals surface area contributed by atoms with Crippen LogP contribution in [0.15, 0.2) is 24.3 Å². The molecule has 1 rings (SSSR count). The second-order valence-corrected chi connectivity index (χ2v) is 9.52. The van der Waals surface area contributed by atoms with Gasteiger partial charge in [-0.1, -0.05) is 73.3 Å². The Balaban J connectivity index is 2.70. The second kappa shape index (κ2) is 8.56. The number of carbonyl (C=O) groups excluding carboxylic acids is 1. The number of halogens is 3.